The zero-order valence-corrected chi connectivity index (χ0v) is 13.0. The average Bonchev–Trinajstić information content (AvgIpc) is 3.20. The molecule has 3 fully saturated rings. The maximum absolute atomic E-state index is 6.70. The van der Waals surface area contributed by atoms with Crippen LogP contribution in [0.2, 0.25) is 0 Å². The Balaban J connectivity index is 1.51. The largest absolute Gasteiger partial charge is 0.378 e. The molecule has 2 N–H and O–H groups in total. The third-order valence-electron chi connectivity index (χ3n) is 5.96. The van der Waals surface area contributed by atoms with Gasteiger partial charge in [0.1, 0.15) is 0 Å². The van der Waals surface area contributed by atoms with E-state index in [0.717, 1.165) is 6.61 Å². The van der Waals surface area contributed by atoms with Crippen molar-refractivity contribution in [3.05, 3.63) is 0 Å². The fraction of sp³-hybridized carbons (Fsp3) is 1.00. The summed E-state index contributed by atoms with van der Waals surface area (Å²) in [6.45, 7) is 3.56. The second kappa shape index (κ2) is 6.76. The van der Waals surface area contributed by atoms with Gasteiger partial charge < -0.3 is 10.5 Å². The summed E-state index contributed by atoms with van der Waals surface area (Å²) in [5, 5.41) is 0. The lowest BCUT2D eigenvalue weighted by molar-refractivity contribution is 0.0789. The highest BCUT2D eigenvalue weighted by Gasteiger charge is 2.44. The molecule has 116 valence electrons. The van der Waals surface area contributed by atoms with Crippen LogP contribution >= 0.6 is 0 Å². The van der Waals surface area contributed by atoms with Crippen LogP contribution in [0, 0.1) is 0 Å². The summed E-state index contributed by atoms with van der Waals surface area (Å²) in [7, 11) is 0. The predicted octanol–water partition coefficient (Wildman–Crippen LogP) is 3.07. The highest BCUT2D eigenvalue weighted by molar-refractivity contribution is 5.03. The van der Waals surface area contributed by atoms with Crippen molar-refractivity contribution in [2.24, 2.45) is 5.73 Å². The molecular formula is C17H32N2O. The van der Waals surface area contributed by atoms with Gasteiger partial charge in [-0.05, 0) is 70.9 Å². The van der Waals surface area contributed by atoms with Crippen molar-refractivity contribution in [1.82, 2.24) is 4.90 Å². The standard InChI is InChI=1S/C17H32N2O/c18-16(9-5-7-15-8-6-14-20-15)17(10-1-2-11-17)19-12-3-4-13-19/h15-16H,1-14,18H2. The fourth-order valence-corrected chi connectivity index (χ4v) is 4.78. The predicted molar refractivity (Wildman–Crippen MR) is 82.8 cm³/mol. The second-order valence-electron chi connectivity index (χ2n) is 7.18. The van der Waals surface area contributed by atoms with Crippen LogP contribution < -0.4 is 5.73 Å². The first-order chi connectivity index (χ1) is 9.81. The molecule has 0 amide bonds. The van der Waals surface area contributed by atoms with Gasteiger partial charge in [-0.2, -0.15) is 0 Å². The Morgan fingerprint density at radius 1 is 1.10 bits per heavy atom. The first-order valence-electron chi connectivity index (χ1n) is 8.93. The molecule has 0 aromatic carbocycles. The average molecular weight is 280 g/mol. The number of rotatable bonds is 6. The SMILES string of the molecule is NC(CCCC1CCCO1)C1(N2CCCC2)CCCC1. The van der Waals surface area contributed by atoms with Gasteiger partial charge in [-0.25, -0.2) is 0 Å². The fourth-order valence-electron chi connectivity index (χ4n) is 4.78. The van der Waals surface area contributed by atoms with E-state index in [1.807, 2.05) is 0 Å². The minimum Gasteiger partial charge on any atom is -0.378 e. The van der Waals surface area contributed by atoms with Crippen LogP contribution in [0.25, 0.3) is 0 Å². The number of nitrogens with zero attached hydrogens (tertiary/aromatic N) is 1. The zero-order chi connectivity index (χ0) is 13.8. The van der Waals surface area contributed by atoms with Crippen molar-refractivity contribution in [3.8, 4) is 0 Å². The van der Waals surface area contributed by atoms with Gasteiger partial charge >= 0.3 is 0 Å². The molecule has 2 heterocycles. The molecule has 1 aliphatic carbocycles. The van der Waals surface area contributed by atoms with Crippen LogP contribution in [0.1, 0.15) is 70.6 Å². The zero-order valence-electron chi connectivity index (χ0n) is 13.0. The first kappa shape index (κ1) is 14.8. The van der Waals surface area contributed by atoms with Crippen LogP contribution in [0.5, 0.6) is 0 Å². The monoisotopic (exact) mass is 280 g/mol. The molecule has 0 aromatic rings. The van der Waals surface area contributed by atoms with Gasteiger partial charge in [-0.1, -0.05) is 12.8 Å². The van der Waals surface area contributed by atoms with Crippen molar-refractivity contribution in [3.63, 3.8) is 0 Å². The number of likely N-dealkylation sites (tertiary alicyclic amines) is 1. The smallest absolute Gasteiger partial charge is 0.0576 e. The van der Waals surface area contributed by atoms with Gasteiger partial charge in [-0.15, -0.1) is 0 Å². The van der Waals surface area contributed by atoms with Crippen molar-refractivity contribution >= 4 is 0 Å². The lowest BCUT2D eigenvalue weighted by Gasteiger charge is -2.43. The van der Waals surface area contributed by atoms with E-state index in [1.165, 1.54) is 83.7 Å². The minimum atomic E-state index is 0.354. The summed E-state index contributed by atoms with van der Waals surface area (Å²) < 4.78 is 5.73. The molecule has 3 nitrogen and oxygen atoms in total. The second-order valence-corrected chi connectivity index (χ2v) is 7.18. The molecule has 20 heavy (non-hydrogen) atoms. The summed E-state index contributed by atoms with van der Waals surface area (Å²) in [4.78, 5) is 2.75. The highest BCUT2D eigenvalue weighted by atomic mass is 16.5. The van der Waals surface area contributed by atoms with Crippen LogP contribution in [0.4, 0.5) is 0 Å². The third kappa shape index (κ3) is 3.05. The molecule has 0 bridgehead atoms. The number of nitrogens with two attached hydrogens (primary N) is 1. The molecule has 0 spiro atoms. The molecule has 2 saturated heterocycles. The Hall–Kier alpha value is -0.120. The molecule has 2 aliphatic heterocycles. The Kier molecular flexibility index (Phi) is 5.00. The maximum atomic E-state index is 6.70. The first-order valence-corrected chi connectivity index (χ1v) is 8.93. The van der Waals surface area contributed by atoms with Crippen molar-refractivity contribution in [2.75, 3.05) is 19.7 Å². The lowest BCUT2D eigenvalue weighted by atomic mass is 9.83. The summed E-state index contributed by atoms with van der Waals surface area (Å²) in [6, 6.07) is 0.379. The van der Waals surface area contributed by atoms with Gasteiger partial charge in [0.2, 0.25) is 0 Å². The molecule has 3 rings (SSSR count). The van der Waals surface area contributed by atoms with Crippen molar-refractivity contribution in [2.45, 2.75) is 88.3 Å². The molecule has 3 aliphatic rings. The lowest BCUT2D eigenvalue weighted by Crippen LogP contribution is -2.57. The summed E-state index contributed by atoms with van der Waals surface area (Å²) in [6.07, 6.45) is 14.9. The summed E-state index contributed by atoms with van der Waals surface area (Å²) >= 11 is 0. The molecule has 0 aromatic heterocycles. The van der Waals surface area contributed by atoms with Crippen molar-refractivity contribution in [1.29, 1.82) is 0 Å². The van der Waals surface area contributed by atoms with Crippen molar-refractivity contribution < 1.29 is 4.74 Å². The normalized spacial score (nSPS) is 31.9. The Morgan fingerprint density at radius 3 is 2.50 bits per heavy atom. The molecule has 1 saturated carbocycles. The Labute approximate surface area is 124 Å². The molecule has 2 atom stereocenters. The van der Waals surface area contributed by atoms with E-state index >= 15 is 0 Å². The van der Waals surface area contributed by atoms with E-state index < -0.39 is 0 Å². The number of ether oxygens (including phenoxy) is 1. The van der Waals surface area contributed by atoms with E-state index in [9.17, 15) is 0 Å². The number of hydrogen-bond donors (Lipinski definition) is 1. The Morgan fingerprint density at radius 2 is 1.85 bits per heavy atom. The summed E-state index contributed by atoms with van der Waals surface area (Å²) in [5.74, 6) is 0. The van der Waals surface area contributed by atoms with Gasteiger partial charge in [0, 0.05) is 18.2 Å². The van der Waals surface area contributed by atoms with E-state index in [2.05, 4.69) is 4.90 Å². The maximum Gasteiger partial charge on any atom is 0.0576 e. The van der Waals surface area contributed by atoms with E-state index in [-0.39, 0.29) is 0 Å². The molecule has 0 radical (unpaired) electrons. The topological polar surface area (TPSA) is 38.5 Å². The van der Waals surface area contributed by atoms with Crippen LogP contribution in [-0.4, -0.2) is 42.3 Å². The summed E-state index contributed by atoms with van der Waals surface area (Å²) in [5.41, 5.74) is 7.05. The molecule has 3 heteroatoms. The van der Waals surface area contributed by atoms with Gasteiger partial charge in [0.25, 0.3) is 0 Å². The van der Waals surface area contributed by atoms with Crippen LogP contribution in [0.3, 0.4) is 0 Å². The van der Waals surface area contributed by atoms with Gasteiger partial charge in [0.15, 0.2) is 0 Å². The van der Waals surface area contributed by atoms with E-state index in [0.29, 0.717) is 17.7 Å². The van der Waals surface area contributed by atoms with Gasteiger partial charge in [0.05, 0.1) is 6.10 Å². The highest BCUT2D eigenvalue weighted by Crippen LogP contribution is 2.40. The quantitative estimate of drug-likeness (QED) is 0.812. The van der Waals surface area contributed by atoms with Gasteiger partial charge in [-0.3, -0.25) is 4.90 Å². The molecule has 2 unspecified atom stereocenters. The molecular weight excluding hydrogens is 248 g/mol. The third-order valence-corrected chi connectivity index (χ3v) is 5.96. The van der Waals surface area contributed by atoms with Crippen LogP contribution in [0.15, 0.2) is 0 Å². The van der Waals surface area contributed by atoms with Crippen LogP contribution in [-0.2, 0) is 4.74 Å². The Bertz CT molecular complexity index is 289. The van der Waals surface area contributed by atoms with E-state index in [4.69, 9.17) is 10.5 Å². The van der Waals surface area contributed by atoms with E-state index in [1.54, 1.807) is 0 Å². The minimum absolute atomic E-state index is 0.354. The number of hydrogen-bond acceptors (Lipinski definition) is 3.